The van der Waals surface area contributed by atoms with Gasteiger partial charge in [0.25, 0.3) is 0 Å². The van der Waals surface area contributed by atoms with Crippen LogP contribution in [0.4, 0.5) is 0 Å². The van der Waals surface area contributed by atoms with E-state index in [9.17, 15) is 0 Å². The number of rotatable bonds is 4. The quantitative estimate of drug-likeness (QED) is 0.856. The summed E-state index contributed by atoms with van der Waals surface area (Å²) in [7, 11) is 0. The summed E-state index contributed by atoms with van der Waals surface area (Å²) in [5, 5.41) is 0. The molecule has 0 bridgehead atoms. The minimum Gasteiger partial charge on any atom is -0.379 e. The van der Waals surface area contributed by atoms with E-state index < -0.39 is 0 Å². The molecule has 1 aliphatic heterocycles. The molecule has 1 atom stereocenters. The molecule has 0 aromatic heterocycles. The van der Waals surface area contributed by atoms with Crippen LogP contribution in [0.3, 0.4) is 0 Å². The van der Waals surface area contributed by atoms with E-state index in [0.717, 1.165) is 32.7 Å². The molecule has 17 heavy (non-hydrogen) atoms. The van der Waals surface area contributed by atoms with Crippen molar-refractivity contribution in [3.8, 4) is 0 Å². The first-order valence-electron chi connectivity index (χ1n) is 6.39. The highest BCUT2D eigenvalue weighted by Crippen LogP contribution is 2.11. The molecule has 1 saturated heterocycles. The van der Waals surface area contributed by atoms with Gasteiger partial charge in [-0.3, -0.25) is 4.90 Å². The molecule has 3 nitrogen and oxygen atoms in total. The Kier molecular flexibility index (Phi) is 4.54. The molecule has 94 valence electrons. The Morgan fingerprint density at radius 3 is 2.35 bits per heavy atom. The summed E-state index contributed by atoms with van der Waals surface area (Å²) in [5.41, 5.74) is 8.19. The highest BCUT2D eigenvalue weighted by molar-refractivity contribution is 5.23. The van der Waals surface area contributed by atoms with E-state index in [4.69, 9.17) is 10.5 Å². The molecule has 0 saturated carbocycles. The van der Waals surface area contributed by atoms with Gasteiger partial charge in [0, 0.05) is 25.7 Å². The minimum atomic E-state index is 0.586. The Morgan fingerprint density at radius 2 is 1.76 bits per heavy atom. The van der Waals surface area contributed by atoms with Crippen LogP contribution in [0.25, 0.3) is 0 Å². The summed E-state index contributed by atoms with van der Waals surface area (Å²) in [4.78, 5) is 2.50. The maximum Gasteiger partial charge on any atom is 0.0594 e. The van der Waals surface area contributed by atoms with Crippen LogP contribution in [0, 0.1) is 0 Å². The van der Waals surface area contributed by atoms with Crippen molar-refractivity contribution in [1.29, 1.82) is 0 Å². The first kappa shape index (κ1) is 12.6. The smallest absolute Gasteiger partial charge is 0.0594 e. The monoisotopic (exact) mass is 234 g/mol. The van der Waals surface area contributed by atoms with Crippen LogP contribution >= 0.6 is 0 Å². The third kappa shape index (κ3) is 3.53. The van der Waals surface area contributed by atoms with Gasteiger partial charge in [0.1, 0.15) is 0 Å². The molecule has 1 heterocycles. The lowest BCUT2D eigenvalue weighted by atomic mass is 10.0. The second-order valence-electron chi connectivity index (χ2n) is 4.72. The molecule has 0 amide bonds. The Bertz CT molecular complexity index is 331. The third-order valence-corrected chi connectivity index (χ3v) is 3.46. The summed E-state index contributed by atoms with van der Waals surface area (Å²) in [5.74, 6) is 0. The highest BCUT2D eigenvalue weighted by Gasteiger charge is 2.16. The number of hydrogen-bond acceptors (Lipinski definition) is 3. The number of benzene rings is 1. The molecule has 0 aliphatic carbocycles. The van der Waals surface area contributed by atoms with Crippen molar-refractivity contribution < 1.29 is 4.74 Å². The molecule has 1 aromatic carbocycles. The molecule has 1 unspecified atom stereocenters. The Morgan fingerprint density at radius 1 is 1.18 bits per heavy atom. The number of ether oxygens (including phenoxy) is 1. The highest BCUT2D eigenvalue weighted by atomic mass is 16.5. The molecule has 3 heteroatoms. The fourth-order valence-electron chi connectivity index (χ4n) is 2.30. The van der Waals surface area contributed by atoms with Crippen LogP contribution in [0.2, 0.25) is 0 Å². The van der Waals surface area contributed by atoms with Crippen LogP contribution in [0.5, 0.6) is 0 Å². The van der Waals surface area contributed by atoms with Gasteiger partial charge in [-0.15, -0.1) is 0 Å². The molecule has 2 rings (SSSR count). The maximum atomic E-state index is 5.60. The van der Waals surface area contributed by atoms with E-state index >= 15 is 0 Å². The number of morpholine rings is 1. The fourth-order valence-corrected chi connectivity index (χ4v) is 2.30. The lowest BCUT2D eigenvalue weighted by Crippen LogP contribution is -2.43. The Balaban J connectivity index is 1.89. The zero-order valence-corrected chi connectivity index (χ0v) is 10.6. The standard InChI is InChI=1S/C14H22N2O/c1-12(16-6-8-17-9-7-16)10-13-2-4-14(11-15)5-3-13/h2-5,12H,6-11,15H2,1H3. The summed E-state index contributed by atoms with van der Waals surface area (Å²) < 4.78 is 5.37. The number of nitrogens with two attached hydrogens (primary N) is 1. The summed E-state index contributed by atoms with van der Waals surface area (Å²) in [6.45, 7) is 6.78. The van der Waals surface area contributed by atoms with Crippen molar-refractivity contribution in [1.82, 2.24) is 4.90 Å². The van der Waals surface area contributed by atoms with Crippen molar-refractivity contribution in [2.75, 3.05) is 26.3 Å². The molecule has 0 spiro atoms. The van der Waals surface area contributed by atoms with Crippen molar-refractivity contribution in [3.63, 3.8) is 0 Å². The number of nitrogens with zero attached hydrogens (tertiary/aromatic N) is 1. The topological polar surface area (TPSA) is 38.5 Å². The lowest BCUT2D eigenvalue weighted by molar-refractivity contribution is 0.0203. The van der Waals surface area contributed by atoms with E-state index in [1.54, 1.807) is 0 Å². The zero-order valence-electron chi connectivity index (χ0n) is 10.6. The van der Waals surface area contributed by atoms with Crippen LogP contribution < -0.4 is 5.73 Å². The predicted molar refractivity (Wildman–Crippen MR) is 69.9 cm³/mol. The van der Waals surface area contributed by atoms with Gasteiger partial charge >= 0.3 is 0 Å². The van der Waals surface area contributed by atoms with Gasteiger partial charge in [0.15, 0.2) is 0 Å². The normalized spacial score (nSPS) is 19.2. The van der Waals surface area contributed by atoms with Gasteiger partial charge < -0.3 is 10.5 Å². The first-order chi connectivity index (χ1) is 8.29. The van der Waals surface area contributed by atoms with Crippen LogP contribution in [-0.2, 0) is 17.7 Å². The van der Waals surface area contributed by atoms with E-state index in [2.05, 4.69) is 36.1 Å². The van der Waals surface area contributed by atoms with E-state index in [-0.39, 0.29) is 0 Å². The molecule has 2 N–H and O–H groups in total. The van der Waals surface area contributed by atoms with Crippen molar-refractivity contribution in [2.24, 2.45) is 5.73 Å². The van der Waals surface area contributed by atoms with Gasteiger partial charge in [-0.25, -0.2) is 0 Å². The number of hydrogen-bond donors (Lipinski definition) is 1. The van der Waals surface area contributed by atoms with E-state index in [0.29, 0.717) is 12.6 Å². The fraction of sp³-hybridized carbons (Fsp3) is 0.571. The van der Waals surface area contributed by atoms with Crippen LogP contribution in [-0.4, -0.2) is 37.2 Å². The van der Waals surface area contributed by atoms with Gasteiger partial charge in [0.05, 0.1) is 13.2 Å². The van der Waals surface area contributed by atoms with E-state index in [1.165, 1.54) is 11.1 Å². The second kappa shape index (κ2) is 6.15. The Labute approximate surface area is 104 Å². The molecule has 0 radical (unpaired) electrons. The van der Waals surface area contributed by atoms with Crippen molar-refractivity contribution in [3.05, 3.63) is 35.4 Å². The largest absolute Gasteiger partial charge is 0.379 e. The molecule has 1 aromatic rings. The third-order valence-electron chi connectivity index (χ3n) is 3.46. The first-order valence-corrected chi connectivity index (χ1v) is 6.39. The van der Waals surface area contributed by atoms with Gasteiger partial charge in [0.2, 0.25) is 0 Å². The average molecular weight is 234 g/mol. The molecular formula is C14H22N2O. The van der Waals surface area contributed by atoms with Gasteiger partial charge in [-0.1, -0.05) is 24.3 Å². The molecule has 1 fully saturated rings. The van der Waals surface area contributed by atoms with Crippen LogP contribution in [0.15, 0.2) is 24.3 Å². The molecule has 1 aliphatic rings. The minimum absolute atomic E-state index is 0.586. The average Bonchev–Trinajstić information content (AvgIpc) is 2.40. The predicted octanol–water partition coefficient (Wildman–Crippen LogP) is 1.41. The summed E-state index contributed by atoms with van der Waals surface area (Å²) in [6.07, 6.45) is 1.10. The second-order valence-corrected chi connectivity index (χ2v) is 4.72. The van der Waals surface area contributed by atoms with Gasteiger partial charge in [-0.2, -0.15) is 0 Å². The van der Waals surface area contributed by atoms with Crippen molar-refractivity contribution in [2.45, 2.75) is 25.9 Å². The van der Waals surface area contributed by atoms with Crippen LogP contribution in [0.1, 0.15) is 18.1 Å². The van der Waals surface area contributed by atoms with Gasteiger partial charge in [-0.05, 0) is 24.5 Å². The summed E-state index contributed by atoms with van der Waals surface area (Å²) in [6, 6.07) is 9.23. The lowest BCUT2D eigenvalue weighted by Gasteiger charge is -2.32. The zero-order chi connectivity index (χ0) is 12.1. The molecular weight excluding hydrogens is 212 g/mol. The summed E-state index contributed by atoms with van der Waals surface area (Å²) >= 11 is 0. The van der Waals surface area contributed by atoms with E-state index in [1.807, 2.05) is 0 Å². The van der Waals surface area contributed by atoms with Crippen molar-refractivity contribution >= 4 is 0 Å². The Hall–Kier alpha value is -0.900. The SMILES string of the molecule is CC(Cc1ccc(CN)cc1)N1CCOCC1. The maximum absolute atomic E-state index is 5.60.